The number of aromatic nitrogens is 1. The van der Waals surface area contributed by atoms with Crippen LogP contribution in [0.1, 0.15) is 41.5 Å². The maximum absolute atomic E-state index is 13.1. The van der Waals surface area contributed by atoms with Gasteiger partial charge in [0.05, 0.1) is 6.04 Å². The van der Waals surface area contributed by atoms with E-state index in [0.29, 0.717) is 13.1 Å². The minimum Gasteiger partial charge on any atom is -0.503 e. The molecule has 7 nitrogen and oxygen atoms in total. The number of carbonyl (C=O) groups excluding carboxylic acids is 2. The van der Waals surface area contributed by atoms with Gasteiger partial charge in [0.2, 0.25) is 11.3 Å². The van der Waals surface area contributed by atoms with Crippen LogP contribution in [-0.4, -0.2) is 44.9 Å². The number of aromatic hydroxyl groups is 1. The van der Waals surface area contributed by atoms with Crippen LogP contribution in [-0.2, 0) is 17.9 Å². The molecular formula is C20H22FN3O4. The molecule has 0 bridgehead atoms. The summed E-state index contributed by atoms with van der Waals surface area (Å²) in [5.74, 6) is -1.66. The number of pyridine rings is 1. The Labute approximate surface area is 161 Å². The van der Waals surface area contributed by atoms with Crippen molar-refractivity contribution in [2.75, 3.05) is 13.6 Å². The monoisotopic (exact) mass is 387 g/mol. The topological polar surface area (TPSA) is 82.8 Å². The van der Waals surface area contributed by atoms with Crippen LogP contribution < -0.4 is 5.43 Å². The van der Waals surface area contributed by atoms with Crippen molar-refractivity contribution in [3.8, 4) is 5.75 Å². The Balaban J connectivity index is 1.93. The molecule has 3 rings (SSSR count). The lowest BCUT2D eigenvalue weighted by Crippen LogP contribution is -2.42. The third-order valence-corrected chi connectivity index (χ3v) is 5.20. The lowest BCUT2D eigenvalue weighted by Gasteiger charge is -2.32. The molecule has 28 heavy (non-hydrogen) atoms. The van der Waals surface area contributed by atoms with E-state index in [1.165, 1.54) is 35.1 Å². The quantitative estimate of drug-likeness (QED) is 0.869. The number of hydrogen-bond acceptors (Lipinski definition) is 4. The largest absolute Gasteiger partial charge is 0.503 e. The van der Waals surface area contributed by atoms with Crippen molar-refractivity contribution in [1.29, 1.82) is 0 Å². The van der Waals surface area contributed by atoms with Gasteiger partial charge in [-0.05, 0) is 24.6 Å². The molecule has 1 aromatic carbocycles. The molecule has 1 unspecified atom stereocenters. The van der Waals surface area contributed by atoms with Gasteiger partial charge in [-0.25, -0.2) is 4.39 Å². The van der Waals surface area contributed by atoms with Gasteiger partial charge in [-0.15, -0.1) is 0 Å². The van der Waals surface area contributed by atoms with Gasteiger partial charge in [0.25, 0.3) is 5.91 Å². The first-order chi connectivity index (χ1) is 13.2. The van der Waals surface area contributed by atoms with Gasteiger partial charge < -0.3 is 19.5 Å². The molecule has 0 fully saturated rings. The van der Waals surface area contributed by atoms with Crippen molar-refractivity contribution in [1.82, 2.24) is 14.4 Å². The smallest absolute Gasteiger partial charge is 0.274 e. The zero-order valence-corrected chi connectivity index (χ0v) is 16.0. The Morgan fingerprint density at radius 3 is 2.50 bits per heavy atom. The number of nitrogens with zero attached hydrogens (tertiary/aromatic N) is 3. The summed E-state index contributed by atoms with van der Waals surface area (Å²) in [7, 11) is 1.57. The Bertz CT molecular complexity index is 984. The highest BCUT2D eigenvalue weighted by Gasteiger charge is 2.31. The average molecular weight is 387 g/mol. The second kappa shape index (κ2) is 7.46. The number of rotatable bonds is 4. The number of halogens is 1. The van der Waals surface area contributed by atoms with E-state index in [1.807, 2.05) is 0 Å². The van der Waals surface area contributed by atoms with E-state index >= 15 is 0 Å². The summed E-state index contributed by atoms with van der Waals surface area (Å²) < 4.78 is 14.6. The van der Waals surface area contributed by atoms with E-state index in [9.17, 15) is 23.9 Å². The highest BCUT2D eigenvalue weighted by Crippen LogP contribution is 2.25. The lowest BCUT2D eigenvalue weighted by molar-refractivity contribution is -0.129. The summed E-state index contributed by atoms with van der Waals surface area (Å²) in [4.78, 5) is 40.0. The van der Waals surface area contributed by atoms with Gasteiger partial charge in [0.1, 0.15) is 5.82 Å². The van der Waals surface area contributed by atoms with Crippen LogP contribution in [0, 0.1) is 5.82 Å². The highest BCUT2D eigenvalue weighted by molar-refractivity contribution is 5.95. The molecule has 0 aliphatic carbocycles. The first-order valence-electron chi connectivity index (χ1n) is 8.94. The first-order valence-corrected chi connectivity index (χ1v) is 8.94. The van der Waals surface area contributed by atoms with Crippen LogP contribution >= 0.6 is 0 Å². The molecule has 1 aliphatic heterocycles. The van der Waals surface area contributed by atoms with E-state index in [-0.39, 0.29) is 29.5 Å². The van der Waals surface area contributed by atoms with Crippen LogP contribution in [0.15, 0.2) is 35.3 Å². The second-order valence-electron chi connectivity index (χ2n) is 6.96. The molecule has 148 valence electrons. The molecular weight excluding hydrogens is 365 g/mol. The van der Waals surface area contributed by atoms with Crippen molar-refractivity contribution >= 4 is 11.8 Å². The molecule has 8 heteroatoms. The number of benzene rings is 1. The number of hydrogen-bond donors (Lipinski definition) is 1. The average Bonchev–Trinajstić information content (AvgIpc) is 2.67. The van der Waals surface area contributed by atoms with Crippen molar-refractivity contribution in [3.05, 3.63) is 63.3 Å². The van der Waals surface area contributed by atoms with Crippen LogP contribution in [0.2, 0.25) is 0 Å². The van der Waals surface area contributed by atoms with E-state index < -0.39 is 23.1 Å². The van der Waals surface area contributed by atoms with Crippen LogP contribution in [0.4, 0.5) is 4.39 Å². The van der Waals surface area contributed by atoms with Crippen molar-refractivity contribution in [2.45, 2.75) is 33.0 Å². The summed E-state index contributed by atoms with van der Waals surface area (Å²) in [5.41, 5.74) is 0.265. The van der Waals surface area contributed by atoms with E-state index in [4.69, 9.17) is 0 Å². The van der Waals surface area contributed by atoms with Gasteiger partial charge in [0, 0.05) is 45.4 Å². The van der Waals surface area contributed by atoms with Gasteiger partial charge >= 0.3 is 0 Å². The second-order valence-corrected chi connectivity index (χ2v) is 6.96. The molecule has 0 saturated carbocycles. The van der Waals surface area contributed by atoms with Gasteiger partial charge in [0.15, 0.2) is 11.4 Å². The van der Waals surface area contributed by atoms with Crippen LogP contribution in [0.25, 0.3) is 0 Å². The number of amides is 2. The molecule has 0 radical (unpaired) electrons. The molecule has 1 atom stereocenters. The fraction of sp³-hybridized carbons (Fsp3) is 0.350. The Kier molecular flexibility index (Phi) is 5.22. The molecule has 0 saturated heterocycles. The third kappa shape index (κ3) is 3.49. The zero-order chi connectivity index (χ0) is 20.6. The standard InChI is InChI=1S/C20H22FN3O4/c1-12(22(3)13(2)25)16-11-23-8-9-24(10-14-4-6-15(21)7-5-14)20(28)17(23)19(27)18(16)26/h4-7,11-12,27H,8-10H2,1-3H3. The predicted octanol–water partition coefficient (Wildman–Crippen LogP) is 1.89. The highest BCUT2D eigenvalue weighted by atomic mass is 19.1. The Hall–Kier alpha value is -3.16. The summed E-state index contributed by atoms with van der Waals surface area (Å²) >= 11 is 0. The van der Waals surface area contributed by atoms with Crippen molar-refractivity contribution < 1.29 is 19.1 Å². The maximum atomic E-state index is 13.1. The summed E-state index contributed by atoms with van der Waals surface area (Å²) in [5, 5.41) is 10.5. The Morgan fingerprint density at radius 1 is 1.25 bits per heavy atom. The number of carbonyl (C=O) groups is 2. The van der Waals surface area contributed by atoms with E-state index in [2.05, 4.69) is 0 Å². The first kappa shape index (κ1) is 19.6. The molecule has 0 spiro atoms. The summed E-state index contributed by atoms with van der Waals surface area (Å²) in [6.07, 6.45) is 1.54. The fourth-order valence-electron chi connectivity index (χ4n) is 3.29. The van der Waals surface area contributed by atoms with Gasteiger partial charge in [-0.1, -0.05) is 12.1 Å². The summed E-state index contributed by atoms with van der Waals surface area (Å²) in [6.45, 7) is 4.10. The molecule has 1 N–H and O–H groups in total. The maximum Gasteiger partial charge on any atom is 0.274 e. The molecule has 2 heterocycles. The summed E-state index contributed by atoms with van der Waals surface area (Å²) in [6, 6.07) is 5.28. The zero-order valence-electron chi connectivity index (χ0n) is 16.0. The third-order valence-electron chi connectivity index (χ3n) is 5.20. The van der Waals surface area contributed by atoms with E-state index in [1.54, 1.807) is 30.7 Å². The molecule has 2 amide bonds. The Morgan fingerprint density at radius 2 is 1.89 bits per heavy atom. The van der Waals surface area contributed by atoms with Gasteiger partial charge in [-0.2, -0.15) is 0 Å². The van der Waals surface area contributed by atoms with Crippen LogP contribution in [0.3, 0.4) is 0 Å². The van der Waals surface area contributed by atoms with Crippen LogP contribution in [0.5, 0.6) is 5.75 Å². The minimum absolute atomic E-state index is 0.0696. The fourth-order valence-corrected chi connectivity index (χ4v) is 3.29. The SMILES string of the molecule is CC(=O)N(C)C(C)c1cn2c(c(O)c1=O)C(=O)N(Cc1ccc(F)cc1)CC2. The molecule has 2 aromatic rings. The van der Waals surface area contributed by atoms with E-state index in [0.717, 1.165) is 5.56 Å². The minimum atomic E-state index is -0.663. The van der Waals surface area contributed by atoms with Crippen molar-refractivity contribution in [3.63, 3.8) is 0 Å². The van der Waals surface area contributed by atoms with Crippen molar-refractivity contribution in [2.24, 2.45) is 0 Å². The molecule has 1 aliphatic rings. The lowest BCUT2D eigenvalue weighted by atomic mass is 10.1. The normalized spacial score (nSPS) is 14.6. The predicted molar refractivity (Wildman–Crippen MR) is 100 cm³/mol. The van der Waals surface area contributed by atoms with Gasteiger partial charge in [-0.3, -0.25) is 14.4 Å². The number of fused-ring (bicyclic) bond motifs is 1. The molecule has 1 aromatic heterocycles.